The van der Waals surface area contributed by atoms with Gasteiger partial charge in [-0.2, -0.15) is 11.8 Å². The minimum Gasteiger partial charge on any atom is -0.481 e. The Morgan fingerprint density at radius 2 is 1.70 bits per heavy atom. The number of benzene rings is 2. The van der Waals surface area contributed by atoms with Crippen molar-refractivity contribution < 1.29 is 24.2 Å². The maximum Gasteiger partial charge on any atom is 0.407 e. The van der Waals surface area contributed by atoms with Crippen LogP contribution in [0.5, 0.6) is 0 Å². The van der Waals surface area contributed by atoms with E-state index in [1.165, 1.54) is 0 Å². The van der Waals surface area contributed by atoms with E-state index in [-0.39, 0.29) is 37.3 Å². The van der Waals surface area contributed by atoms with Gasteiger partial charge in [-0.1, -0.05) is 48.5 Å². The van der Waals surface area contributed by atoms with E-state index in [4.69, 9.17) is 9.84 Å². The van der Waals surface area contributed by atoms with Crippen molar-refractivity contribution in [3.05, 3.63) is 59.7 Å². The lowest BCUT2D eigenvalue weighted by Gasteiger charge is -2.36. The highest BCUT2D eigenvalue weighted by Crippen LogP contribution is 2.44. The Kier molecular flexibility index (Phi) is 7.23. The van der Waals surface area contributed by atoms with Gasteiger partial charge in [0.15, 0.2) is 0 Å². The van der Waals surface area contributed by atoms with Crippen LogP contribution in [0.3, 0.4) is 0 Å². The molecule has 7 nitrogen and oxygen atoms in total. The van der Waals surface area contributed by atoms with E-state index in [1.54, 1.807) is 11.8 Å². The lowest BCUT2D eigenvalue weighted by Crippen LogP contribution is -2.55. The first-order chi connectivity index (χ1) is 16.0. The van der Waals surface area contributed by atoms with Gasteiger partial charge >= 0.3 is 12.1 Å². The zero-order chi connectivity index (χ0) is 23.4. The number of amides is 2. The van der Waals surface area contributed by atoms with Crippen molar-refractivity contribution in [3.63, 3.8) is 0 Å². The molecular weight excluding hydrogens is 440 g/mol. The number of rotatable bonds is 9. The summed E-state index contributed by atoms with van der Waals surface area (Å²) in [7, 11) is 0. The Hall–Kier alpha value is -3.00. The van der Waals surface area contributed by atoms with Gasteiger partial charge in [0.05, 0.1) is 0 Å². The molecule has 2 aromatic rings. The van der Waals surface area contributed by atoms with Crippen LogP contribution in [0.25, 0.3) is 11.1 Å². The van der Waals surface area contributed by atoms with E-state index in [9.17, 15) is 14.4 Å². The van der Waals surface area contributed by atoms with Crippen LogP contribution in [0.15, 0.2) is 48.5 Å². The minimum atomic E-state index is -1.02. The molecule has 2 amide bonds. The van der Waals surface area contributed by atoms with Gasteiger partial charge in [-0.3, -0.25) is 9.59 Å². The Labute approximate surface area is 197 Å². The molecule has 8 heteroatoms. The zero-order valence-corrected chi connectivity index (χ0v) is 19.3. The van der Waals surface area contributed by atoms with Crippen molar-refractivity contribution in [1.29, 1.82) is 0 Å². The Balaban J connectivity index is 1.39. The molecule has 0 spiro atoms. The molecular formula is C25H28N2O5S. The molecule has 1 fully saturated rings. The van der Waals surface area contributed by atoms with Crippen LogP contribution < -0.4 is 10.6 Å². The van der Waals surface area contributed by atoms with Gasteiger partial charge in [-0.05, 0) is 47.8 Å². The van der Waals surface area contributed by atoms with Crippen LogP contribution in [-0.2, 0) is 14.3 Å². The number of ether oxygens (including phenoxy) is 1. The van der Waals surface area contributed by atoms with Crippen LogP contribution in [0.4, 0.5) is 4.79 Å². The average molecular weight is 469 g/mol. The van der Waals surface area contributed by atoms with Crippen LogP contribution in [0.1, 0.15) is 42.7 Å². The van der Waals surface area contributed by atoms with E-state index in [2.05, 4.69) is 22.8 Å². The van der Waals surface area contributed by atoms with Crippen molar-refractivity contribution >= 4 is 29.7 Å². The highest BCUT2D eigenvalue weighted by molar-refractivity contribution is 7.99. The molecule has 2 aromatic carbocycles. The van der Waals surface area contributed by atoms with Crippen LogP contribution in [-0.4, -0.2) is 53.3 Å². The average Bonchev–Trinajstić information content (AvgIpc) is 3.12. The second-order valence-corrected chi connectivity index (χ2v) is 9.50. The SMILES string of the molecule is CSC1CCC1NC(=O)C(CCC(=O)O)NC(=O)OCC1c2ccccc2-c2ccccc21. The fraction of sp³-hybridized carbons (Fsp3) is 0.400. The van der Waals surface area contributed by atoms with Gasteiger partial charge in [0.2, 0.25) is 5.91 Å². The van der Waals surface area contributed by atoms with E-state index >= 15 is 0 Å². The fourth-order valence-corrected chi connectivity index (χ4v) is 5.42. The van der Waals surface area contributed by atoms with Crippen molar-refractivity contribution in [2.24, 2.45) is 0 Å². The number of aliphatic carboxylic acids is 1. The normalized spacial score (nSPS) is 19.5. The summed E-state index contributed by atoms with van der Waals surface area (Å²) < 4.78 is 5.53. The number of alkyl carbamates (subject to hydrolysis) is 1. The van der Waals surface area contributed by atoms with Crippen molar-refractivity contribution in [2.75, 3.05) is 12.9 Å². The monoisotopic (exact) mass is 468 g/mol. The number of carbonyl (C=O) groups excluding carboxylic acids is 2. The molecule has 3 N–H and O–H groups in total. The van der Waals surface area contributed by atoms with Crippen molar-refractivity contribution in [1.82, 2.24) is 10.6 Å². The fourth-order valence-electron chi connectivity index (χ4n) is 4.52. The number of carboxylic acid groups (broad SMARTS) is 1. The first-order valence-electron chi connectivity index (χ1n) is 11.1. The van der Waals surface area contributed by atoms with Crippen LogP contribution >= 0.6 is 11.8 Å². The van der Waals surface area contributed by atoms with Gasteiger partial charge in [-0.15, -0.1) is 0 Å². The molecule has 0 heterocycles. The standard InChI is InChI=1S/C25H28N2O5S/c1-33-22-12-10-20(22)26-24(30)21(11-13-23(28)29)27-25(31)32-14-19-17-8-4-2-6-15(17)16-7-3-5-9-18(16)19/h2-9,19-22H,10-14H2,1H3,(H,26,30)(H,27,31)(H,28,29). The number of thioether (sulfide) groups is 1. The van der Waals surface area contributed by atoms with Crippen LogP contribution in [0, 0.1) is 0 Å². The summed E-state index contributed by atoms with van der Waals surface area (Å²) in [5.41, 5.74) is 4.45. The summed E-state index contributed by atoms with van der Waals surface area (Å²) in [6, 6.07) is 15.2. The highest BCUT2D eigenvalue weighted by Gasteiger charge is 2.34. The predicted octanol–water partition coefficient (Wildman–Crippen LogP) is 3.77. The van der Waals surface area contributed by atoms with Gasteiger partial charge in [0.1, 0.15) is 12.6 Å². The van der Waals surface area contributed by atoms with E-state index in [0.717, 1.165) is 35.1 Å². The second-order valence-electron chi connectivity index (χ2n) is 8.42. The van der Waals surface area contributed by atoms with Gasteiger partial charge in [-0.25, -0.2) is 4.79 Å². The quantitative estimate of drug-likeness (QED) is 0.518. The largest absolute Gasteiger partial charge is 0.481 e. The molecule has 4 rings (SSSR count). The first-order valence-corrected chi connectivity index (χ1v) is 12.4. The molecule has 0 aromatic heterocycles. The maximum atomic E-state index is 12.8. The van der Waals surface area contributed by atoms with Crippen LogP contribution in [0.2, 0.25) is 0 Å². The van der Waals surface area contributed by atoms with Crippen molar-refractivity contribution in [3.8, 4) is 11.1 Å². The molecule has 0 saturated heterocycles. The maximum absolute atomic E-state index is 12.8. The number of nitrogens with one attached hydrogen (secondary N) is 2. The molecule has 2 aliphatic rings. The molecule has 3 atom stereocenters. The molecule has 33 heavy (non-hydrogen) atoms. The number of carbonyl (C=O) groups is 3. The Morgan fingerprint density at radius 1 is 1.06 bits per heavy atom. The highest BCUT2D eigenvalue weighted by atomic mass is 32.2. The molecule has 0 radical (unpaired) electrons. The van der Waals surface area contributed by atoms with E-state index in [1.807, 2.05) is 42.7 Å². The number of carboxylic acids is 1. The number of fused-ring (bicyclic) bond motifs is 3. The zero-order valence-electron chi connectivity index (χ0n) is 18.5. The third-order valence-corrected chi connectivity index (χ3v) is 7.61. The summed E-state index contributed by atoms with van der Waals surface area (Å²) in [5.74, 6) is -1.48. The smallest absolute Gasteiger partial charge is 0.407 e. The molecule has 0 bridgehead atoms. The Bertz CT molecular complexity index is 995. The van der Waals surface area contributed by atoms with E-state index < -0.39 is 18.1 Å². The Morgan fingerprint density at radius 3 is 2.24 bits per heavy atom. The van der Waals surface area contributed by atoms with Gasteiger partial charge < -0.3 is 20.5 Å². The number of hydrogen-bond donors (Lipinski definition) is 3. The molecule has 2 aliphatic carbocycles. The third kappa shape index (κ3) is 5.16. The molecule has 0 aliphatic heterocycles. The molecule has 1 saturated carbocycles. The third-order valence-electron chi connectivity index (χ3n) is 6.44. The summed E-state index contributed by atoms with van der Waals surface area (Å²) >= 11 is 1.70. The van der Waals surface area contributed by atoms with Crippen molar-refractivity contribution in [2.45, 2.75) is 48.9 Å². The lowest BCUT2D eigenvalue weighted by atomic mass is 9.91. The lowest BCUT2D eigenvalue weighted by molar-refractivity contribution is -0.137. The molecule has 3 unspecified atom stereocenters. The van der Waals surface area contributed by atoms with Gasteiger partial charge in [0.25, 0.3) is 0 Å². The molecule has 174 valence electrons. The first kappa shape index (κ1) is 23.2. The summed E-state index contributed by atoms with van der Waals surface area (Å²) in [5, 5.41) is 14.9. The van der Waals surface area contributed by atoms with Gasteiger partial charge in [0, 0.05) is 23.6 Å². The van der Waals surface area contributed by atoms with E-state index in [0.29, 0.717) is 5.25 Å². The summed E-state index contributed by atoms with van der Waals surface area (Å²) in [6.07, 6.45) is 2.97. The second kappa shape index (κ2) is 10.3. The summed E-state index contributed by atoms with van der Waals surface area (Å²) in [6.45, 7) is 0.129. The minimum absolute atomic E-state index is 0.00200. The topological polar surface area (TPSA) is 105 Å². The number of hydrogen-bond acceptors (Lipinski definition) is 5. The summed E-state index contributed by atoms with van der Waals surface area (Å²) in [4.78, 5) is 36.4. The predicted molar refractivity (Wildman–Crippen MR) is 127 cm³/mol.